The predicted molar refractivity (Wildman–Crippen MR) is 75.4 cm³/mol. The highest BCUT2D eigenvalue weighted by Crippen LogP contribution is 2.30. The summed E-state index contributed by atoms with van der Waals surface area (Å²) >= 11 is 0. The number of hydrogen-bond acceptors (Lipinski definition) is 3. The molecule has 0 fully saturated rings. The van der Waals surface area contributed by atoms with Crippen LogP contribution in [0.2, 0.25) is 0 Å². The Balaban J connectivity index is 2.11. The Hall–Kier alpha value is -1.88. The van der Waals surface area contributed by atoms with Crippen LogP contribution in [-0.4, -0.2) is 43.9 Å². The molecule has 0 saturated carbocycles. The Kier molecular flexibility index (Phi) is 3.85. The summed E-state index contributed by atoms with van der Waals surface area (Å²) in [4.78, 5) is 26.7. The highest BCUT2D eigenvalue weighted by atomic mass is 16.2. The van der Waals surface area contributed by atoms with Gasteiger partial charge >= 0.3 is 0 Å². The molecule has 0 atom stereocenters. The number of carbonyl (C=O) groups is 2. The first-order valence-electron chi connectivity index (χ1n) is 6.33. The van der Waals surface area contributed by atoms with Gasteiger partial charge in [0, 0.05) is 24.8 Å². The fourth-order valence-corrected chi connectivity index (χ4v) is 2.29. The Morgan fingerprint density at radius 1 is 1.37 bits per heavy atom. The third-order valence-corrected chi connectivity index (χ3v) is 3.10. The van der Waals surface area contributed by atoms with Crippen molar-refractivity contribution < 1.29 is 9.59 Å². The average Bonchev–Trinajstić information content (AvgIpc) is 2.70. The normalized spacial score (nSPS) is 13.6. The van der Waals surface area contributed by atoms with Crippen LogP contribution in [0.15, 0.2) is 18.2 Å². The van der Waals surface area contributed by atoms with Crippen LogP contribution in [0.1, 0.15) is 12.5 Å². The SMILES string of the molecule is CC(=O)N1CCc2cc(NC(=O)CN(C)C)ccc21. The van der Waals surface area contributed by atoms with E-state index in [1.807, 2.05) is 37.2 Å². The molecule has 5 nitrogen and oxygen atoms in total. The van der Waals surface area contributed by atoms with Gasteiger partial charge in [-0.3, -0.25) is 9.59 Å². The van der Waals surface area contributed by atoms with Crippen molar-refractivity contribution in [1.29, 1.82) is 0 Å². The molecule has 2 rings (SSSR count). The lowest BCUT2D eigenvalue weighted by Gasteiger charge is -2.15. The van der Waals surface area contributed by atoms with E-state index >= 15 is 0 Å². The maximum absolute atomic E-state index is 11.7. The zero-order valence-corrected chi connectivity index (χ0v) is 11.6. The number of benzene rings is 1. The molecule has 0 aliphatic carbocycles. The zero-order valence-electron chi connectivity index (χ0n) is 11.6. The van der Waals surface area contributed by atoms with Crippen molar-refractivity contribution in [3.8, 4) is 0 Å². The van der Waals surface area contributed by atoms with Crippen molar-refractivity contribution in [2.45, 2.75) is 13.3 Å². The van der Waals surface area contributed by atoms with Crippen LogP contribution in [0, 0.1) is 0 Å². The summed E-state index contributed by atoms with van der Waals surface area (Å²) in [6, 6.07) is 5.69. The number of carbonyl (C=O) groups excluding carboxylic acids is 2. The Bertz CT molecular complexity index is 511. The van der Waals surface area contributed by atoms with Crippen molar-refractivity contribution in [3.63, 3.8) is 0 Å². The maximum atomic E-state index is 11.7. The second-order valence-electron chi connectivity index (χ2n) is 5.05. The topological polar surface area (TPSA) is 52.7 Å². The number of likely N-dealkylation sites (N-methyl/N-ethyl adjacent to an activating group) is 1. The number of fused-ring (bicyclic) bond motifs is 1. The molecular weight excluding hydrogens is 242 g/mol. The highest BCUT2D eigenvalue weighted by Gasteiger charge is 2.22. The third kappa shape index (κ3) is 3.12. The molecule has 1 aliphatic heterocycles. The van der Waals surface area contributed by atoms with Gasteiger partial charge in [0.15, 0.2) is 0 Å². The summed E-state index contributed by atoms with van der Waals surface area (Å²) in [6.07, 6.45) is 0.840. The molecule has 1 aromatic carbocycles. The monoisotopic (exact) mass is 261 g/mol. The van der Waals surface area contributed by atoms with Crippen molar-refractivity contribution in [2.24, 2.45) is 0 Å². The van der Waals surface area contributed by atoms with Crippen LogP contribution in [-0.2, 0) is 16.0 Å². The van der Waals surface area contributed by atoms with Crippen LogP contribution in [0.5, 0.6) is 0 Å². The Morgan fingerprint density at radius 2 is 2.11 bits per heavy atom. The molecule has 0 unspecified atom stereocenters. The van der Waals surface area contributed by atoms with Crippen molar-refractivity contribution in [2.75, 3.05) is 37.4 Å². The van der Waals surface area contributed by atoms with Crippen LogP contribution in [0.4, 0.5) is 11.4 Å². The number of nitrogens with one attached hydrogen (secondary N) is 1. The molecule has 0 saturated heterocycles. The summed E-state index contributed by atoms with van der Waals surface area (Å²) in [6.45, 7) is 2.65. The number of hydrogen-bond donors (Lipinski definition) is 1. The highest BCUT2D eigenvalue weighted by molar-refractivity contribution is 5.96. The van der Waals surface area contributed by atoms with Gasteiger partial charge in [0.2, 0.25) is 11.8 Å². The van der Waals surface area contributed by atoms with Gasteiger partial charge in [-0.05, 0) is 44.3 Å². The summed E-state index contributed by atoms with van der Waals surface area (Å²) < 4.78 is 0. The van der Waals surface area contributed by atoms with E-state index in [2.05, 4.69) is 5.32 Å². The molecule has 102 valence electrons. The number of anilines is 2. The summed E-state index contributed by atoms with van der Waals surface area (Å²) in [5.41, 5.74) is 2.85. The van der Waals surface area contributed by atoms with Gasteiger partial charge in [-0.2, -0.15) is 0 Å². The van der Waals surface area contributed by atoms with Crippen molar-refractivity contribution in [1.82, 2.24) is 4.90 Å². The predicted octanol–water partition coefficient (Wildman–Crippen LogP) is 1.10. The summed E-state index contributed by atoms with van der Waals surface area (Å²) in [7, 11) is 3.71. The smallest absolute Gasteiger partial charge is 0.238 e. The molecule has 1 aromatic rings. The first kappa shape index (κ1) is 13.5. The number of nitrogens with zero attached hydrogens (tertiary/aromatic N) is 2. The van der Waals surface area contributed by atoms with Crippen LogP contribution in [0.25, 0.3) is 0 Å². The van der Waals surface area contributed by atoms with Crippen LogP contribution in [0.3, 0.4) is 0 Å². The molecule has 2 amide bonds. The van der Waals surface area contributed by atoms with Crippen molar-refractivity contribution in [3.05, 3.63) is 23.8 Å². The minimum Gasteiger partial charge on any atom is -0.325 e. The van der Waals surface area contributed by atoms with Crippen molar-refractivity contribution >= 4 is 23.2 Å². The lowest BCUT2D eigenvalue weighted by Crippen LogP contribution is -2.27. The van der Waals surface area contributed by atoms with E-state index in [1.165, 1.54) is 0 Å². The largest absolute Gasteiger partial charge is 0.325 e. The standard InChI is InChI=1S/C14H19N3O2/c1-10(18)17-7-6-11-8-12(4-5-13(11)17)15-14(19)9-16(2)3/h4-5,8H,6-7,9H2,1-3H3,(H,15,19). The summed E-state index contributed by atoms with van der Waals surface area (Å²) in [5.74, 6) is 0.0227. The lowest BCUT2D eigenvalue weighted by atomic mass is 10.1. The summed E-state index contributed by atoms with van der Waals surface area (Å²) in [5, 5.41) is 2.86. The molecule has 0 aromatic heterocycles. The minimum atomic E-state index is -0.0358. The van der Waals surface area contributed by atoms with Gasteiger partial charge in [-0.1, -0.05) is 0 Å². The Morgan fingerprint density at radius 3 is 2.74 bits per heavy atom. The average molecular weight is 261 g/mol. The van der Waals surface area contributed by atoms with E-state index < -0.39 is 0 Å². The fourth-order valence-electron chi connectivity index (χ4n) is 2.29. The van der Waals surface area contributed by atoms with Crippen LogP contribution < -0.4 is 10.2 Å². The van der Waals surface area contributed by atoms with E-state index in [1.54, 1.807) is 11.8 Å². The molecule has 0 radical (unpaired) electrons. The molecule has 1 heterocycles. The van der Waals surface area contributed by atoms with E-state index in [0.29, 0.717) is 6.54 Å². The molecule has 5 heteroatoms. The van der Waals surface area contributed by atoms with Gasteiger partial charge in [-0.25, -0.2) is 0 Å². The van der Waals surface area contributed by atoms with Gasteiger partial charge < -0.3 is 15.1 Å². The maximum Gasteiger partial charge on any atom is 0.238 e. The second-order valence-corrected chi connectivity index (χ2v) is 5.05. The Labute approximate surface area is 113 Å². The minimum absolute atomic E-state index is 0.0358. The van der Waals surface area contributed by atoms with E-state index in [9.17, 15) is 9.59 Å². The quantitative estimate of drug-likeness (QED) is 0.886. The van der Waals surface area contributed by atoms with E-state index in [4.69, 9.17) is 0 Å². The van der Waals surface area contributed by atoms with Gasteiger partial charge in [-0.15, -0.1) is 0 Å². The van der Waals surface area contributed by atoms with Crippen LogP contribution >= 0.6 is 0 Å². The number of amides is 2. The zero-order chi connectivity index (χ0) is 14.0. The third-order valence-electron chi connectivity index (χ3n) is 3.10. The van der Waals surface area contributed by atoms with Gasteiger partial charge in [0.05, 0.1) is 6.54 Å². The first-order valence-corrected chi connectivity index (χ1v) is 6.33. The van der Waals surface area contributed by atoms with E-state index in [-0.39, 0.29) is 11.8 Å². The fraction of sp³-hybridized carbons (Fsp3) is 0.429. The molecule has 1 N–H and O–H groups in total. The van der Waals surface area contributed by atoms with Gasteiger partial charge in [0.25, 0.3) is 0 Å². The van der Waals surface area contributed by atoms with Gasteiger partial charge in [0.1, 0.15) is 0 Å². The molecular formula is C14H19N3O2. The molecule has 0 bridgehead atoms. The molecule has 0 spiro atoms. The first-order chi connectivity index (χ1) is 8.97. The van der Waals surface area contributed by atoms with E-state index in [0.717, 1.165) is 29.9 Å². The second kappa shape index (κ2) is 5.40. The molecule has 1 aliphatic rings. The number of rotatable bonds is 3. The lowest BCUT2D eigenvalue weighted by molar-refractivity contribution is -0.117. The molecule has 19 heavy (non-hydrogen) atoms.